The SMILES string of the molecule is CC(C)c1ccc(C2CCC2)cc1.CC(C)c1ccccc1.Cc1ccc(C(C)C)cc1.Cc1ccc(C(C)C)cc1.Cc1ccc(C(C)C)cc1.Cc1ccc(C(C)C)cc1.Cc1ccc(C(C)C)cc1. The monoisotopic (exact) mass is 965 g/mol. The highest BCUT2D eigenvalue weighted by molar-refractivity contribution is 5.29. The second kappa shape index (κ2) is 34.1. The molecule has 0 atom stereocenters. The van der Waals surface area contributed by atoms with Gasteiger partial charge in [-0.25, -0.2) is 0 Å². The molecule has 0 saturated heterocycles. The van der Waals surface area contributed by atoms with Gasteiger partial charge in [0, 0.05) is 0 Å². The average Bonchev–Trinajstić information content (AvgIpc) is 3.33. The highest BCUT2D eigenvalue weighted by Crippen LogP contribution is 2.36. The minimum absolute atomic E-state index is 0.653. The van der Waals surface area contributed by atoms with E-state index in [1.807, 2.05) is 6.07 Å². The highest BCUT2D eigenvalue weighted by Gasteiger charge is 2.19. The van der Waals surface area contributed by atoms with Gasteiger partial charge in [0.15, 0.2) is 0 Å². The van der Waals surface area contributed by atoms with E-state index < -0.39 is 0 Å². The zero-order valence-corrected chi connectivity index (χ0v) is 49.0. The van der Waals surface area contributed by atoms with Crippen molar-refractivity contribution in [2.45, 2.75) is 198 Å². The molecule has 0 heteroatoms. The molecule has 0 amide bonds. The van der Waals surface area contributed by atoms with Crippen molar-refractivity contribution in [3.8, 4) is 0 Å². The molecule has 1 fully saturated rings. The molecule has 1 saturated carbocycles. The topological polar surface area (TPSA) is 0 Å². The van der Waals surface area contributed by atoms with E-state index in [9.17, 15) is 0 Å². The van der Waals surface area contributed by atoms with Crippen molar-refractivity contribution in [2.24, 2.45) is 0 Å². The minimum Gasteiger partial charge on any atom is -0.0622 e. The van der Waals surface area contributed by atoms with Crippen LogP contribution in [0.4, 0.5) is 0 Å². The van der Waals surface area contributed by atoms with E-state index >= 15 is 0 Å². The van der Waals surface area contributed by atoms with Gasteiger partial charge < -0.3 is 0 Å². The summed E-state index contributed by atoms with van der Waals surface area (Å²) in [4.78, 5) is 0. The summed E-state index contributed by atoms with van der Waals surface area (Å²) in [5, 5.41) is 0. The number of hydrogen-bond acceptors (Lipinski definition) is 0. The molecular formula is C72H100. The summed E-state index contributed by atoms with van der Waals surface area (Å²) in [5.41, 5.74) is 18.2. The molecule has 0 N–H and O–H groups in total. The molecule has 0 bridgehead atoms. The molecule has 0 aromatic heterocycles. The Labute approximate surface area is 444 Å². The lowest BCUT2D eigenvalue weighted by Crippen LogP contribution is -2.08. The molecule has 0 radical (unpaired) electrons. The van der Waals surface area contributed by atoms with Crippen LogP contribution in [-0.4, -0.2) is 0 Å². The molecule has 388 valence electrons. The lowest BCUT2D eigenvalue weighted by molar-refractivity contribution is 0.419. The van der Waals surface area contributed by atoms with Crippen molar-refractivity contribution in [2.75, 3.05) is 0 Å². The van der Waals surface area contributed by atoms with Crippen molar-refractivity contribution in [1.29, 1.82) is 0 Å². The van der Waals surface area contributed by atoms with Crippen molar-refractivity contribution in [1.82, 2.24) is 0 Å². The third-order valence-corrected chi connectivity index (χ3v) is 13.4. The molecule has 0 unspecified atom stereocenters. The molecule has 7 aromatic carbocycles. The van der Waals surface area contributed by atoms with Crippen LogP contribution >= 0.6 is 0 Å². The Kier molecular flexibility index (Phi) is 29.6. The number of hydrogen-bond donors (Lipinski definition) is 0. The van der Waals surface area contributed by atoms with Gasteiger partial charge in [-0.1, -0.05) is 307 Å². The standard InChI is InChI=1S/C13H18.5C10H14.C9H12/c1-10(2)11-6-8-13(9-7-11)12-4-3-5-12;5*1-8(2)10-6-4-9(3)5-7-10;1-8(2)9-6-4-3-5-7-9/h6-10,12H,3-5H2,1-2H3;5*4-8H,1-3H3;3-8H,1-2H3. The zero-order valence-electron chi connectivity index (χ0n) is 49.0. The predicted octanol–water partition coefficient (Wildman–Crippen LogP) is 22.5. The van der Waals surface area contributed by atoms with E-state index in [0.29, 0.717) is 41.4 Å². The fourth-order valence-corrected chi connectivity index (χ4v) is 7.49. The Bertz CT molecular complexity index is 2100. The van der Waals surface area contributed by atoms with Gasteiger partial charge >= 0.3 is 0 Å². The first-order valence-corrected chi connectivity index (χ1v) is 27.5. The third kappa shape index (κ3) is 25.8. The molecule has 0 heterocycles. The van der Waals surface area contributed by atoms with E-state index in [2.05, 4.69) is 301 Å². The second-order valence-corrected chi connectivity index (χ2v) is 22.3. The van der Waals surface area contributed by atoms with Crippen LogP contribution in [0.2, 0.25) is 0 Å². The molecule has 1 aliphatic carbocycles. The largest absolute Gasteiger partial charge is 0.0622 e. The normalized spacial score (nSPS) is 11.6. The molecular weight excluding hydrogens is 865 g/mol. The first-order valence-electron chi connectivity index (χ1n) is 27.5. The second-order valence-electron chi connectivity index (χ2n) is 22.3. The molecule has 0 aliphatic heterocycles. The first kappa shape index (κ1) is 62.7. The molecule has 0 nitrogen and oxygen atoms in total. The van der Waals surface area contributed by atoms with E-state index in [1.165, 1.54) is 86.0 Å². The van der Waals surface area contributed by atoms with Gasteiger partial charge in [-0.15, -0.1) is 0 Å². The van der Waals surface area contributed by atoms with Crippen LogP contribution in [-0.2, 0) is 0 Å². The number of benzene rings is 7. The van der Waals surface area contributed by atoms with E-state index in [4.69, 9.17) is 0 Å². The number of rotatable bonds is 8. The fraction of sp³-hybridized carbons (Fsp3) is 0.417. The summed E-state index contributed by atoms with van der Waals surface area (Å²) in [7, 11) is 0. The fourth-order valence-electron chi connectivity index (χ4n) is 7.49. The number of aryl methyl sites for hydroxylation is 5. The van der Waals surface area contributed by atoms with Crippen LogP contribution in [0.15, 0.2) is 176 Å². The van der Waals surface area contributed by atoms with Crippen LogP contribution in [0.3, 0.4) is 0 Å². The summed E-state index contributed by atoms with van der Waals surface area (Å²) < 4.78 is 0. The van der Waals surface area contributed by atoms with Crippen LogP contribution in [0.25, 0.3) is 0 Å². The van der Waals surface area contributed by atoms with E-state index in [0.717, 1.165) is 5.92 Å². The summed E-state index contributed by atoms with van der Waals surface area (Å²) in [6.07, 6.45) is 4.23. The van der Waals surface area contributed by atoms with Crippen molar-refractivity contribution < 1.29 is 0 Å². The maximum Gasteiger partial charge on any atom is -0.0162 e. The van der Waals surface area contributed by atoms with Crippen molar-refractivity contribution in [3.05, 3.63) is 248 Å². The Morgan fingerprint density at radius 2 is 0.417 bits per heavy atom. The van der Waals surface area contributed by atoms with Crippen LogP contribution in [0.5, 0.6) is 0 Å². The Balaban J connectivity index is 0.000000289. The van der Waals surface area contributed by atoms with Crippen molar-refractivity contribution in [3.63, 3.8) is 0 Å². The van der Waals surface area contributed by atoms with Crippen LogP contribution in [0.1, 0.15) is 236 Å². The Morgan fingerprint density at radius 1 is 0.236 bits per heavy atom. The van der Waals surface area contributed by atoms with Crippen molar-refractivity contribution >= 4 is 0 Å². The summed E-state index contributed by atoms with van der Waals surface area (Å²) in [6.45, 7) is 41.6. The lowest BCUT2D eigenvalue weighted by atomic mass is 9.80. The average molecular weight is 966 g/mol. The maximum absolute atomic E-state index is 2.32. The molecule has 8 rings (SSSR count). The first-order chi connectivity index (χ1) is 34.1. The summed E-state index contributed by atoms with van der Waals surface area (Å²) >= 11 is 0. The molecule has 72 heavy (non-hydrogen) atoms. The van der Waals surface area contributed by atoms with Gasteiger partial charge in [-0.3, -0.25) is 0 Å². The molecule has 7 aromatic rings. The van der Waals surface area contributed by atoms with Gasteiger partial charge in [-0.2, -0.15) is 0 Å². The third-order valence-electron chi connectivity index (χ3n) is 13.4. The Morgan fingerprint density at radius 3 is 0.569 bits per heavy atom. The van der Waals surface area contributed by atoms with Gasteiger partial charge in [-0.05, 0) is 139 Å². The zero-order chi connectivity index (χ0) is 53.8. The Hall–Kier alpha value is -5.46. The van der Waals surface area contributed by atoms with Crippen LogP contribution < -0.4 is 0 Å². The summed E-state index contributed by atoms with van der Waals surface area (Å²) in [6, 6.07) is 63.3. The predicted molar refractivity (Wildman–Crippen MR) is 324 cm³/mol. The maximum atomic E-state index is 2.32. The van der Waals surface area contributed by atoms with E-state index in [-0.39, 0.29) is 0 Å². The summed E-state index contributed by atoms with van der Waals surface area (Å²) in [5.74, 6) is 5.46. The van der Waals surface area contributed by atoms with Gasteiger partial charge in [0.05, 0.1) is 0 Å². The van der Waals surface area contributed by atoms with Crippen LogP contribution in [0, 0.1) is 34.6 Å². The van der Waals surface area contributed by atoms with Gasteiger partial charge in [0.1, 0.15) is 0 Å². The van der Waals surface area contributed by atoms with Gasteiger partial charge in [0.2, 0.25) is 0 Å². The lowest BCUT2D eigenvalue weighted by Gasteiger charge is -2.26. The quantitative estimate of drug-likeness (QED) is 0.142. The highest BCUT2D eigenvalue weighted by atomic mass is 14.2. The molecule has 1 aliphatic rings. The molecule has 0 spiro atoms. The van der Waals surface area contributed by atoms with Gasteiger partial charge in [0.25, 0.3) is 0 Å². The smallest absolute Gasteiger partial charge is 0.0162 e. The minimum atomic E-state index is 0.653. The van der Waals surface area contributed by atoms with E-state index in [1.54, 1.807) is 5.56 Å².